The number of nitrogens with zero attached hydrogens (tertiary/aromatic N) is 4. The van der Waals surface area contributed by atoms with Gasteiger partial charge in [0.05, 0.1) is 19.3 Å². The molecular formula is C30H34N4O5. The van der Waals surface area contributed by atoms with Crippen molar-refractivity contribution in [2.75, 3.05) is 13.7 Å². The summed E-state index contributed by atoms with van der Waals surface area (Å²) < 4.78 is 18.7. The smallest absolute Gasteiger partial charge is 0.254 e. The number of amides is 1. The molecule has 0 aliphatic carbocycles. The standard InChI is InChI=1S/C30H34N4O5/c1-20(2)28(26-16-27(37-3)32-39-26)30(36)34-18-23(35)15-25(34)29-31-12-13-33(29)17-22-10-7-11-24(14-22)38-19-21-8-5-4-6-9-21/h4-14,16,20,23,25,28,35H,15,17-19H2,1-3H3/t23-,25+,28?/m1/s1. The molecule has 0 spiro atoms. The zero-order valence-corrected chi connectivity index (χ0v) is 22.4. The van der Waals surface area contributed by atoms with E-state index in [9.17, 15) is 9.90 Å². The van der Waals surface area contributed by atoms with Crippen molar-refractivity contribution >= 4 is 5.91 Å². The molecule has 1 N–H and O–H groups in total. The summed E-state index contributed by atoms with van der Waals surface area (Å²) in [7, 11) is 1.51. The molecule has 1 unspecified atom stereocenters. The summed E-state index contributed by atoms with van der Waals surface area (Å²) in [6.07, 6.45) is 3.41. The van der Waals surface area contributed by atoms with E-state index in [1.54, 1.807) is 17.2 Å². The topological polar surface area (TPSA) is 103 Å². The molecule has 1 aliphatic heterocycles. The van der Waals surface area contributed by atoms with E-state index in [1.165, 1.54) is 7.11 Å². The Kier molecular flexibility index (Phi) is 7.97. The van der Waals surface area contributed by atoms with Gasteiger partial charge >= 0.3 is 0 Å². The molecule has 4 aromatic rings. The fraction of sp³-hybridized carbons (Fsp3) is 0.367. The van der Waals surface area contributed by atoms with E-state index in [-0.39, 0.29) is 24.4 Å². The zero-order valence-electron chi connectivity index (χ0n) is 22.4. The molecule has 3 heterocycles. The van der Waals surface area contributed by atoms with Crippen molar-refractivity contribution in [3.63, 3.8) is 0 Å². The average Bonchev–Trinajstić information content (AvgIpc) is 3.68. The van der Waals surface area contributed by atoms with Gasteiger partial charge in [0, 0.05) is 38.0 Å². The second kappa shape index (κ2) is 11.7. The van der Waals surface area contributed by atoms with E-state index < -0.39 is 12.0 Å². The van der Waals surface area contributed by atoms with Crippen molar-refractivity contribution < 1.29 is 23.9 Å². The Morgan fingerprint density at radius 3 is 2.67 bits per heavy atom. The van der Waals surface area contributed by atoms with Crippen molar-refractivity contribution in [2.45, 2.75) is 51.5 Å². The number of carbonyl (C=O) groups excluding carboxylic acids is 1. The molecule has 3 atom stereocenters. The molecule has 2 aromatic heterocycles. The van der Waals surface area contributed by atoms with Crippen molar-refractivity contribution in [3.8, 4) is 11.6 Å². The Bertz CT molecular complexity index is 1380. The quantitative estimate of drug-likeness (QED) is 0.320. The number of benzene rings is 2. The van der Waals surface area contributed by atoms with Gasteiger partial charge < -0.3 is 28.6 Å². The first-order chi connectivity index (χ1) is 18.9. The second-order valence-corrected chi connectivity index (χ2v) is 10.2. The van der Waals surface area contributed by atoms with E-state index in [4.69, 9.17) is 14.0 Å². The van der Waals surface area contributed by atoms with Crippen LogP contribution < -0.4 is 9.47 Å². The van der Waals surface area contributed by atoms with Crippen LogP contribution in [-0.2, 0) is 17.9 Å². The van der Waals surface area contributed by atoms with Crippen LogP contribution in [0, 0.1) is 5.92 Å². The first kappa shape index (κ1) is 26.5. The van der Waals surface area contributed by atoms with Crippen LogP contribution in [-0.4, -0.2) is 50.4 Å². The molecule has 204 valence electrons. The number of imidazole rings is 1. The number of hydrogen-bond acceptors (Lipinski definition) is 7. The van der Waals surface area contributed by atoms with E-state index in [0.29, 0.717) is 31.2 Å². The number of ether oxygens (including phenoxy) is 2. The van der Waals surface area contributed by atoms with Gasteiger partial charge in [-0.25, -0.2) is 4.98 Å². The Labute approximate surface area is 228 Å². The minimum atomic E-state index is -0.643. The summed E-state index contributed by atoms with van der Waals surface area (Å²) in [6, 6.07) is 19.3. The van der Waals surface area contributed by atoms with Gasteiger partial charge in [-0.3, -0.25) is 4.79 Å². The summed E-state index contributed by atoms with van der Waals surface area (Å²) in [6.45, 7) is 5.21. The van der Waals surface area contributed by atoms with Gasteiger partial charge in [0.2, 0.25) is 5.91 Å². The molecule has 0 saturated carbocycles. The number of aliphatic hydroxyl groups excluding tert-OH is 1. The molecule has 5 rings (SSSR count). The van der Waals surface area contributed by atoms with Crippen LogP contribution in [0.5, 0.6) is 11.6 Å². The normalized spacial score (nSPS) is 17.9. The first-order valence-corrected chi connectivity index (χ1v) is 13.2. The molecule has 1 aliphatic rings. The van der Waals surface area contributed by atoms with Gasteiger partial charge in [-0.1, -0.05) is 56.3 Å². The average molecular weight is 531 g/mol. The van der Waals surface area contributed by atoms with E-state index >= 15 is 0 Å². The number of rotatable bonds is 10. The maximum absolute atomic E-state index is 13.9. The number of hydrogen-bond donors (Lipinski definition) is 1. The number of aliphatic hydroxyl groups is 1. The number of carbonyl (C=O) groups is 1. The molecule has 1 amide bonds. The third-order valence-electron chi connectivity index (χ3n) is 7.06. The summed E-state index contributed by atoms with van der Waals surface area (Å²) in [5.41, 5.74) is 2.15. The Morgan fingerprint density at radius 2 is 1.92 bits per heavy atom. The van der Waals surface area contributed by atoms with Crippen molar-refractivity contribution in [2.24, 2.45) is 5.92 Å². The lowest BCUT2D eigenvalue weighted by Gasteiger charge is -2.29. The van der Waals surface area contributed by atoms with Gasteiger partial charge in [-0.2, -0.15) is 0 Å². The highest BCUT2D eigenvalue weighted by Crippen LogP contribution is 2.37. The van der Waals surface area contributed by atoms with Crippen LogP contribution in [0.25, 0.3) is 0 Å². The van der Waals surface area contributed by atoms with Crippen molar-refractivity contribution in [3.05, 3.63) is 95.8 Å². The van der Waals surface area contributed by atoms with Crippen molar-refractivity contribution in [1.29, 1.82) is 0 Å². The number of likely N-dealkylation sites (tertiary alicyclic amines) is 1. The number of aromatic nitrogens is 3. The van der Waals surface area contributed by atoms with E-state index in [0.717, 1.165) is 22.7 Å². The molecule has 1 saturated heterocycles. The van der Waals surface area contributed by atoms with Crippen LogP contribution in [0.1, 0.15) is 54.9 Å². The van der Waals surface area contributed by atoms with E-state index in [2.05, 4.69) is 10.1 Å². The minimum Gasteiger partial charge on any atom is -0.489 e. The van der Waals surface area contributed by atoms with Crippen molar-refractivity contribution in [1.82, 2.24) is 19.6 Å². The largest absolute Gasteiger partial charge is 0.489 e. The molecule has 1 fully saturated rings. The van der Waals surface area contributed by atoms with Gasteiger partial charge in [-0.05, 0) is 34.3 Å². The Balaban J connectivity index is 1.34. The SMILES string of the molecule is COc1cc(C(C(=O)N2C[C@H](O)C[C@H]2c2nccn2Cc2cccc(OCc3ccccc3)c2)C(C)C)on1. The summed E-state index contributed by atoms with van der Waals surface area (Å²) in [5, 5.41) is 14.5. The number of β-amino-alcohol motifs (C(OH)–C–C–N with tert-alkyl or cyclic N) is 1. The minimum absolute atomic E-state index is 0.0491. The van der Waals surface area contributed by atoms with Gasteiger partial charge in [0.25, 0.3) is 5.88 Å². The lowest BCUT2D eigenvalue weighted by Crippen LogP contribution is -2.38. The van der Waals surface area contributed by atoms with Crippen LogP contribution in [0.4, 0.5) is 0 Å². The van der Waals surface area contributed by atoms with Crippen LogP contribution in [0.2, 0.25) is 0 Å². The zero-order chi connectivity index (χ0) is 27.4. The highest BCUT2D eigenvalue weighted by Gasteiger charge is 2.42. The van der Waals surface area contributed by atoms with E-state index in [1.807, 2.05) is 79.2 Å². The first-order valence-electron chi connectivity index (χ1n) is 13.2. The second-order valence-electron chi connectivity index (χ2n) is 10.2. The lowest BCUT2D eigenvalue weighted by molar-refractivity contribution is -0.135. The summed E-state index contributed by atoms with van der Waals surface area (Å²) in [4.78, 5) is 20.2. The molecular weight excluding hydrogens is 496 g/mol. The molecule has 0 bridgehead atoms. The summed E-state index contributed by atoms with van der Waals surface area (Å²) in [5.74, 6) is 1.55. The number of methoxy groups -OCH3 is 1. The highest BCUT2D eigenvalue weighted by atomic mass is 16.5. The van der Waals surface area contributed by atoms with Crippen LogP contribution in [0.15, 0.2) is 77.6 Å². The fourth-order valence-corrected chi connectivity index (χ4v) is 5.15. The predicted molar refractivity (Wildman–Crippen MR) is 144 cm³/mol. The Morgan fingerprint density at radius 1 is 1.13 bits per heavy atom. The summed E-state index contributed by atoms with van der Waals surface area (Å²) >= 11 is 0. The van der Waals surface area contributed by atoms with Gasteiger partial charge in [-0.15, -0.1) is 0 Å². The molecule has 39 heavy (non-hydrogen) atoms. The fourth-order valence-electron chi connectivity index (χ4n) is 5.15. The molecule has 9 nitrogen and oxygen atoms in total. The molecule has 2 aromatic carbocycles. The molecule has 0 radical (unpaired) electrons. The third kappa shape index (κ3) is 5.98. The van der Waals surface area contributed by atoms with Gasteiger partial charge in [0.15, 0.2) is 5.76 Å². The third-order valence-corrected chi connectivity index (χ3v) is 7.06. The maximum Gasteiger partial charge on any atom is 0.254 e. The predicted octanol–water partition coefficient (Wildman–Crippen LogP) is 4.58. The van der Waals surface area contributed by atoms with Gasteiger partial charge in [0.1, 0.15) is 24.1 Å². The van der Waals surface area contributed by atoms with Crippen LogP contribution >= 0.6 is 0 Å². The maximum atomic E-state index is 13.9. The Hall–Kier alpha value is -4.11. The highest BCUT2D eigenvalue weighted by molar-refractivity contribution is 5.84. The monoisotopic (exact) mass is 530 g/mol. The van der Waals surface area contributed by atoms with Crippen LogP contribution in [0.3, 0.4) is 0 Å². The molecule has 9 heteroatoms. The lowest BCUT2D eigenvalue weighted by atomic mass is 9.91.